The molecule has 0 atom stereocenters. The Morgan fingerprint density at radius 3 is 2.24 bits per heavy atom. The van der Waals surface area contributed by atoms with Gasteiger partial charge in [0.25, 0.3) is 0 Å². The normalized spacial score (nSPS) is 11.5. The minimum atomic E-state index is 0.0710. The van der Waals surface area contributed by atoms with Crippen molar-refractivity contribution in [1.82, 2.24) is 0 Å². The standard InChI is InChI=1S/C18H18BrClO/c1-18(2,3)14-6-4-12(5-7-14)8-17(21)13-9-15(19)11-16(20)10-13/h4-7,9-11H,8H2,1-3H3. The number of Topliss-reactive ketones (excluding diaryl/α,β-unsaturated/α-hetero) is 1. The smallest absolute Gasteiger partial charge is 0.167 e. The highest BCUT2D eigenvalue weighted by Gasteiger charge is 2.14. The van der Waals surface area contributed by atoms with Crippen LogP contribution in [0.2, 0.25) is 5.02 Å². The van der Waals surface area contributed by atoms with Gasteiger partial charge in [0.05, 0.1) is 0 Å². The van der Waals surface area contributed by atoms with Crippen LogP contribution >= 0.6 is 27.5 Å². The maximum absolute atomic E-state index is 12.3. The molecule has 0 saturated carbocycles. The monoisotopic (exact) mass is 364 g/mol. The Morgan fingerprint density at radius 1 is 1.10 bits per heavy atom. The molecule has 0 aliphatic heterocycles. The molecule has 0 aromatic heterocycles. The third-order valence-corrected chi connectivity index (χ3v) is 4.05. The topological polar surface area (TPSA) is 17.1 Å². The number of halogens is 2. The maximum Gasteiger partial charge on any atom is 0.167 e. The minimum Gasteiger partial charge on any atom is -0.294 e. The SMILES string of the molecule is CC(C)(C)c1ccc(CC(=O)c2cc(Cl)cc(Br)c2)cc1. The second kappa shape index (κ2) is 6.33. The van der Waals surface area contributed by atoms with Crippen molar-refractivity contribution in [3.8, 4) is 0 Å². The molecular formula is C18H18BrClO. The average molecular weight is 366 g/mol. The van der Waals surface area contributed by atoms with Gasteiger partial charge in [0.2, 0.25) is 0 Å². The predicted molar refractivity (Wildman–Crippen MR) is 92.3 cm³/mol. The summed E-state index contributed by atoms with van der Waals surface area (Å²) in [5, 5.41) is 0.566. The summed E-state index contributed by atoms with van der Waals surface area (Å²) in [7, 11) is 0. The van der Waals surface area contributed by atoms with Gasteiger partial charge in [-0.25, -0.2) is 0 Å². The van der Waals surface area contributed by atoms with Gasteiger partial charge in [0.1, 0.15) is 0 Å². The number of rotatable bonds is 3. The van der Waals surface area contributed by atoms with Crippen LogP contribution in [-0.4, -0.2) is 5.78 Å². The molecule has 0 bridgehead atoms. The van der Waals surface area contributed by atoms with Crippen molar-refractivity contribution in [2.45, 2.75) is 32.6 Å². The van der Waals surface area contributed by atoms with Gasteiger partial charge in [0.15, 0.2) is 5.78 Å². The lowest BCUT2D eigenvalue weighted by Gasteiger charge is -2.19. The maximum atomic E-state index is 12.3. The van der Waals surface area contributed by atoms with Crippen molar-refractivity contribution < 1.29 is 4.79 Å². The molecule has 0 N–H and O–H groups in total. The van der Waals surface area contributed by atoms with E-state index in [9.17, 15) is 4.79 Å². The lowest BCUT2D eigenvalue weighted by Crippen LogP contribution is -2.11. The van der Waals surface area contributed by atoms with Gasteiger partial charge in [-0.15, -0.1) is 0 Å². The van der Waals surface area contributed by atoms with E-state index in [0.29, 0.717) is 17.0 Å². The van der Waals surface area contributed by atoms with Gasteiger partial charge in [-0.1, -0.05) is 72.6 Å². The zero-order valence-corrected chi connectivity index (χ0v) is 14.8. The second-order valence-electron chi connectivity index (χ2n) is 6.21. The van der Waals surface area contributed by atoms with Crippen LogP contribution < -0.4 is 0 Å². The highest BCUT2D eigenvalue weighted by molar-refractivity contribution is 9.10. The fourth-order valence-corrected chi connectivity index (χ4v) is 2.99. The van der Waals surface area contributed by atoms with Gasteiger partial charge in [-0.3, -0.25) is 4.79 Å². The van der Waals surface area contributed by atoms with Crippen molar-refractivity contribution >= 4 is 33.3 Å². The molecule has 110 valence electrons. The number of ketones is 1. The van der Waals surface area contributed by atoms with E-state index in [1.807, 2.05) is 12.1 Å². The first-order valence-electron chi connectivity index (χ1n) is 6.84. The van der Waals surface area contributed by atoms with Crippen molar-refractivity contribution in [2.75, 3.05) is 0 Å². The summed E-state index contributed by atoms with van der Waals surface area (Å²) in [6.07, 6.45) is 0.386. The van der Waals surface area contributed by atoms with E-state index in [-0.39, 0.29) is 11.2 Å². The zero-order chi connectivity index (χ0) is 15.6. The van der Waals surface area contributed by atoms with E-state index in [0.717, 1.165) is 10.0 Å². The Balaban J connectivity index is 2.16. The minimum absolute atomic E-state index is 0.0710. The lowest BCUT2D eigenvalue weighted by atomic mass is 9.86. The van der Waals surface area contributed by atoms with Gasteiger partial charge >= 0.3 is 0 Å². The Labute approximate surface area is 139 Å². The summed E-state index contributed by atoms with van der Waals surface area (Å²) in [6, 6.07) is 13.5. The van der Waals surface area contributed by atoms with Crippen LogP contribution in [0, 0.1) is 0 Å². The molecule has 0 heterocycles. The number of hydrogen-bond donors (Lipinski definition) is 0. The van der Waals surface area contributed by atoms with Crippen LogP contribution in [-0.2, 0) is 11.8 Å². The van der Waals surface area contributed by atoms with Crippen LogP contribution in [0.1, 0.15) is 42.3 Å². The van der Waals surface area contributed by atoms with Crippen molar-refractivity contribution in [3.63, 3.8) is 0 Å². The average Bonchev–Trinajstić information content (AvgIpc) is 2.37. The van der Waals surface area contributed by atoms with Crippen LogP contribution in [0.5, 0.6) is 0 Å². The van der Waals surface area contributed by atoms with Crippen LogP contribution in [0.4, 0.5) is 0 Å². The summed E-state index contributed by atoms with van der Waals surface area (Å²) >= 11 is 9.35. The Kier molecular flexibility index (Phi) is 4.90. The Bertz CT molecular complexity index is 634. The van der Waals surface area contributed by atoms with Crippen LogP contribution in [0.15, 0.2) is 46.9 Å². The molecule has 0 spiro atoms. The van der Waals surface area contributed by atoms with Crippen LogP contribution in [0.3, 0.4) is 0 Å². The van der Waals surface area contributed by atoms with Crippen molar-refractivity contribution in [1.29, 1.82) is 0 Å². The van der Waals surface area contributed by atoms with Gasteiger partial charge in [-0.2, -0.15) is 0 Å². The molecule has 0 radical (unpaired) electrons. The van der Waals surface area contributed by atoms with E-state index < -0.39 is 0 Å². The zero-order valence-electron chi connectivity index (χ0n) is 12.4. The molecule has 3 heteroatoms. The Hall–Kier alpha value is -1.12. The van der Waals surface area contributed by atoms with E-state index >= 15 is 0 Å². The molecule has 0 unspecified atom stereocenters. The molecule has 21 heavy (non-hydrogen) atoms. The molecule has 0 saturated heterocycles. The quantitative estimate of drug-likeness (QED) is 0.626. The van der Waals surface area contributed by atoms with Gasteiger partial charge in [-0.05, 0) is 34.7 Å². The number of hydrogen-bond acceptors (Lipinski definition) is 1. The first kappa shape index (κ1) is 16.3. The van der Waals surface area contributed by atoms with E-state index in [1.165, 1.54) is 5.56 Å². The highest BCUT2D eigenvalue weighted by Crippen LogP contribution is 2.23. The summed E-state index contributed by atoms with van der Waals surface area (Å²) in [4.78, 5) is 12.3. The molecule has 0 aliphatic carbocycles. The van der Waals surface area contributed by atoms with Crippen LogP contribution in [0.25, 0.3) is 0 Å². The van der Waals surface area contributed by atoms with E-state index in [1.54, 1.807) is 18.2 Å². The summed E-state index contributed by atoms with van der Waals surface area (Å²) in [5.74, 6) is 0.0710. The van der Waals surface area contributed by atoms with Gasteiger partial charge in [0, 0.05) is 21.5 Å². The molecule has 0 amide bonds. The number of carbonyl (C=O) groups is 1. The first-order valence-corrected chi connectivity index (χ1v) is 8.01. The molecule has 2 aromatic rings. The molecular weight excluding hydrogens is 348 g/mol. The fourth-order valence-electron chi connectivity index (χ4n) is 2.12. The lowest BCUT2D eigenvalue weighted by molar-refractivity contribution is 0.0993. The number of carbonyl (C=O) groups excluding carboxylic acids is 1. The Morgan fingerprint density at radius 2 is 1.71 bits per heavy atom. The number of benzene rings is 2. The third-order valence-electron chi connectivity index (χ3n) is 3.37. The first-order chi connectivity index (χ1) is 9.75. The predicted octanol–water partition coefficient (Wildman–Crippen LogP) is 5.83. The fraction of sp³-hybridized carbons (Fsp3) is 0.278. The summed E-state index contributed by atoms with van der Waals surface area (Å²) < 4.78 is 0.821. The molecule has 1 nitrogen and oxygen atoms in total. The highest BCUT2D eigenvalue weighted by atomic mass is 79.9. The van der Waals surface area contributed by atoms with Crippen molar-refractivity contribution in [2.24, 2.45) is 0 Å². The molecule has 2 aromatic carbocycles. The second-order valence-corrected chi connectivity index (χ2v) is 7.56. The molecule has 0 fully saturated rings. The molecule has 0 aliphatic rings. The van der Waals surface area contributed by atoms with E-state index in [2.05, 4.69) is 48.8 Å². The largest absolute Gasteiger partial charge is 0.294 e. The summed E-state index contributed by atoms with van der Waals surface area (Å²) in [5.41, 5.74) is 3.04. The van der Waals surface area contributed by atoms with E-state index in [4.69, 9.17) is 11.6 Å². The van der Waals surface area contributed by atoms with Gasteiger partial charge < -0.3 is 0 Å². The third kappa shape index (κ3) is 4.42. The van der Waals surface area contributed by atoms with Crippen molar-refractivity contribution in [3.05, 3.63) is 68.7 Å². The molecule has 2 rings (SSSR count). The summed E-state index contributed by atoms with van der Waals surface area (Å²) in [6.45, 7) is 6.53.